The molecule has 3 nitrogen and oxygen atoms in total. The fourth-order valence-electron chi connectivity index (χ4n) is 3.35. The smallest absolute Gasteiger partial charge is 0.142 e. The normalized spacial score (nSPS) is 15.6. The zero-order valence-corrected chi connectivity index (χ0v) is 14.6. The summed E-state index contributed by atoms with van der Waals surface area (Å²) in [6.45, 7) is 2.10. The highest BCUT2D eigenvalue weighted by Gasteiger charge is 2.22. The van der Waals surface area contributed by atoms with E-state index in [1.165, 1.54) is 0 Å². The largest absolute Gasteiger partial charge is 0.497 e. The summed E-state index contributed by atoms with van der Waals surface area (Å²) in [7, 11) is 3.34. The van der Waals surface area contributed by atoms with Crippen LogP contribution in [0, 0.1) is 6.92 Å². The Kier molecular flexibility index (Phi) is 3.85. The molecule has 3 aromatic rings. The van der Waals surface area contributed by atoms with Crippen molar-refractivity contribution in [3.8, 4) is 17.2 Å². The molecule has 3 aromatic carbocycles. The maximum atomic E-state index is 6.41. The third-order valence-corrected chi connectivity index (χ3v) is 4.66. The zero-order valence-electron chi connectivity index (χ0n) is 14.6. The molecule has 3 heteroatoms. The number of aryl methyl sites for hydroxylation is 1. The van der Waals surface area contributed by atoms with E-state index in [0.717, 1.165) is 44.7 Å². The minimum Gasteiger partial charge on any atom is -0.497 e. The predicted octanol–water partition coefficient (Wildman–Crippen LogP) is 5.31. The number of rotatable bonds is 3. The van der Waals surface area contributed by atoms with Gasteiger partial charge in [-0.3, -0.25) is 0 Å². The number of hydrogen-bond donors (Lipinski definition) is 0. The van der Waals surface area contributed by atoms with Crippen molar-refractivity contribution in [2.75, 3.05) is 14.2 Å². The van der Waals surface area contributed by atoms with E-state index in [-0.39, 0.29) is 6.10 Å². The Labute approximate surface area is 147 Å². The molecule has 0 saturated heterocycles. The highest BCUT2D eigenvalue weighted by molar-refractivity contribution is 5.98. The second-order valence-corrected chi connectivity index (χ2v) is 6.17. The molecule has 126 valence electrons. The lowest BCUT2D eigenvalue weighted by Crippen LogP contribution is -2.10. The number of ether oxygens (including phenoxy) is 3. The molecular weight excluding hydrogens is 312 g/mol. The molecule has 1 aliphatic rings. The van der Waals surface area contributed by atoms with Crippen LogP contribution in [-0.4, -0.2) is 14.2 Å². The van der Waals surface area contributed by atoms with Gasteiger partial charge in [-0.1, -0.05) is 36.4 Å². The topological polar surface area (TPSA) is 27.7 Å². The summed E-state index contributed by atoms with van der Waals surface area (Å²) in [5, 5.41) is 2.03. The van der Waals surface area contributed by atoms with E-state index in [9.17, 15) is 0 Å². The SMILES string of the molecule is COc1cc(OC)c2cc(C)c3c(c2c1)OC(c1ccccc1)C=C3. The van der Waals surface area contributed by atoms with E-state index < -0.39 is 0 Å². The van der Waals surface area contributed by atoms with Crippen molar-refractivity contribution in [3.05, 3.63) is 71.3 Å². The molecule has 0 aliphatic carbocycles. The van der Waals surface area contributed by atoms with Crippen LogP contribution in [0.5, 0.6) is 17.2 Å². The Morgan fingerprint density at radius 1 is 0.920 bits per heavy atom. The minimum atomic E-state index is -0.101. The summed E-state index contributed by atoms with van der Waals surface area (Å²) < 4.78 is 17.4. The number of methoxy groups -OCH3 is 2. The number of benzene rings is 3. The maximum absolute atomic E-state index is 6.41. The third kappa shape index (κ3) is 2.62. The lowest BCUT2D eigenvalue weighted by Gasteiger charge is -2.25. The summed E-state index contributed by atoms with van der Waals surface area (Å²) >= 11 is 0. The van der Waals surface area contributed by atoms with Gasteiger partial charge in [0, 0.05) is 22.4 Å². The van der Waals surface area contributed by atoms with Crippen LogP contribution in [0.3, 0.4) is 0 Å². The van der Waals surface area contributed by atoms with Gasteiger partial charge in [-0.25, -0.2) is 0 Å². The van der Waals surface area contributed by atoms with Crippen LogP contribution >= 0.6 is 0 Å². The van der Waals surface area contributed by atoms with Crippen molar-refractivity contribution >= 4 is 16.8 Å². The van der Waals surface area contributed by atoms with E-state index in [2.05, 4.69) is 37.3 Å². The van der Waals surface area contributed by atoms with E-state index in [1.54, 1.807) is 14.2 Å². The van der Waals surface area contributed by atoms with Gasteiger partial charge in [-0.05, 0) is 36.3 Å². The Balaban J connectivity index is 1.93. The van der Waals surface area contributed by atoms with E-state index >= 15 is 0 Å². The molecular formula is C22H20O3. The van der Waals surface area contributed by atoms with E-state index in [4.69, 9.17) is 14.2 Å². The summed E-state index contributed by atoms with van der Waals surface area (Å²) in [5.41, 5.74) is 3.40. The molecule has 0 aromatic heterocycles. The Hall–Kier alpha value is -2.94. The molecule has 0 saturated carbocycles. The fraction of sp³-hybridized carbons (Fsp3) is 0.182. The lowest BCUT2D eigenvalue weighted by atomic mass is 9.95. The zero-order chi connectivity index (χ0) is 17.4. The van der Waals surface area contributed by atoms with Crippen molar-refractivity contribution in [3.63, 3.8) is 0 Å². The fourth-order valence-corrected chi connectivity index (χ4v) is 3.35. The van der Waals surface area contributed by atoms with Gasteiger partial charge in [0.25, 0.3) is 0 Å². The Bertz CT molecular complexity index is 958. The molecule has 1 atom stereocenters. The van der Waals surface area contributed by atoms with Crippen LogP contribution in [0.2, 0.25) is 0 Å². The molecule has 0 radical (unpaired) electrons. The van der Waals surface area contributed by atoms with Crippen LogP contribution in [0.25, 0.3) is 16.8 Å². The van der Waals surface area contributed by atoms with Crippen LogP contribution in [-0.2, 0) is 0 Å². The quantitative estimate of drug-likeness (QED) is 0.650. The second-order valence-electron chi connectivity index (χ2n) is 6.17. The molecule has 0 amide bonds. The maximum Gasteiger partial charge on any atom is 0.142 e. The molecule has 1 unspecified atom stereocenters. The molecule has 4 rings (SSSR count). The molecule has 0 bridgehead atoms. The summed E-state index contributed by atoms with van der Waals surface area (Å²) in [6.07, 6.45) is 4.15. The van der Waals surface area contributed by atoms with Crippen LogP contribution < -0.4 is 14.2 Å². The Morgan fingerprint density at radius 3 is 2.44 bits per heavy atom. The number of hydrogen-bond acceptors (Lipinski definition) is 3. The monoisotopic (exact) mass is 332 g/mol. The highest BCUT2D eigenvalue weighted by atomic mass is 16.5. The van der Waals surface area contributed by atoms with Gasteiger partial charge < -0.3 is 14.2 Å². The van der Waals surface area contributed by atoms with Gasteiger partial charge in [-0.2, -0.15) is 0 Å². The van der Waals surface area contributed by atoms with Gasteiger partial charge >= 0.3 is 0 Å². The first-order chi connectivity index (χ1) is 12.2. The standard InChI is InChI=1S/C22H20O3/c1-14-11-18-19(12-16(23-2)13-21(18)24-3)22-17(14)9-10-20(25-22)15-7-5-4-6-8-15/h4-13,20H,1-3H3. The van der Waals surface area contributed by atoms with E-state index in [0.29, 0.717) is 0 Å². The number of fused-ring (bicyclic) bond motifs is 3. The van der Waals surface area contributed by atoms with Crippen molar-refractivity contribution in [1.29, 1.82) is 0 Å². The van der Waals surface area contributed by atoms with Crippen molar-refractivity contribution in [2.45, 2.75) is 13.0 Å². The molecule has 1 heterocycles. The van der Waals surface area contributed by atoms with Gasteiger partial charge in [0.1, 0.15) is 23.4 Å². The molecule has 0 N–H and O–H groups in total. The predicted molar refractivity (Wildman–Crippen MR) is 101 cm³/mol. The van der Waals surface area contributed by atoms with Gasteiger partial charge in [0.2, 0.25) is 0 Å². The van der Waals surface area contributed by atoms with Crippen LogP contribution in [0.4, 0.5) is 0 Å². The summed E-state index contributed by atoms with van der Waals surface area (Å²) in [5.74, 6) is 2.42. The first-order valence-corrected chi connectivity index (χ1v) is 8.30. The third-order valence-electron chi connectivity index (χ3n) is 4.66. The van der Waals surface area contributed by atoms with Crippen molar-refractivity contribution in [1.82, 2.24) is 0 Å². The highest BCUT2D eigenvalue weighted by Crippen LogP contribution is 2.44. The first-order valence-electron chi connectivity index (χ1n) is 8.30. The van der Waals surface area contributed by atoms with E-state index in [1.807, 2.05) is 30.3 Å². The molecule has 25 heavy (non-hydrogen) atoms. The second kappa shape index (κ2) is 6.17. The molecule has 0 fully saturated rings. The van der Waals surface area contributed by atoms with Gasteiger partial charge in [0.05, 0.1) is 14.2 Å². The summed E-state index contributed by atoms with van der Waals surface area (Å²) in [6, 6.07) is 16.3. The first kappa shape index (κ1) is 15.6. The average Bonchev–Trinajstić information content (AvgIpc) is 2.68. The average molecular weight is 332 g/mol. The van der Waals surface area contributed by atoms with Gasteiger partial charge in [-0.15, -0.1) is 0 Å². The summed E-state index contributed by atoms with van der Waals surface area (Å²) in [4.78, 5) is 0. The lowest BCUT2D eigenvalue weighted by molar-refractivity contribution is 0.255. The molecule has 0 spiro atoms. The Morgan fingerprint density at radius 2 is 1.72 bits per heavy atom. The van der Waals surface area contributed by atoms with Crippen molar-refractivity contribution in [2.24, 2.45) is 0 Å². The molecule has 1 aliphatic heterocycles. The van der Waals surface area contributed by atoms with Crippen LogP contribution in [0.1, 0.15) is 22.8 Å². The minimum absolute atomic E-state index is 0.101. The van der Waals surface area contributed by atoms with Crippen molar-refractivity contribution < 1.29 is 14.2 Å². The van der Waals surface area contributed by atoms with Crippen LogP contribution in [0.15, 0.2) is 54.6 Å². The van der Waals surface area contributed by atoms with Gasteiger partial charge in [0.15, 0.2) is 0 Å².